The van der Waals surface area contributed by atoms with Gasteiger partial charge in [0.15, 0.2) is 0 Å². The standard InChI is InChI=1S/C10H5Br3N2O/c11-6-2-1-3-7(4-6)15-10(16)9(13)8(12)5-14-15/h1-5H. The smallest absolute Gasteiger partial charge is 0.266 e. The van der Waals surface area contributed by atoms with Gasteiger partial charge in [0.1, 0.15) is 4.47 Å². The second kappa shape index (κ2) is 4.81. The molecule has 0 radical (unpaired) electrons. The summed E-state index contributed by atoms with van der Waals surface area (Å²) in [6, 6.07) is 7.39. The van der Waals surface area contributed by atoms with Gasteiger partial charge < -0.3 is 0 Å². The molecule has 6 heteroatoms. The Hall–Kier alpha value is -0.460. The van der Waals surface area contributed by atoms with Crippen LogP contribution < -0.4 is 5.56 Å². The molecule has 0 atom stereocenters. The van der Waals surface area contributed by atoms with E-state index >= 15 is 0 Å². The van der Waals surface area contributed by atoms with E-state index in [1.165, 1.54) is 4.68 Å². The fourth-order valence-corrected chi connectivity index (χ4v) is 2.12. The summed E-state index contributed by atoms with van der Waals surface area (Å²) in [6.45, 7) is 0. The molecule has 0 saturated carbocycles. The van der Waals surface area contributed by atoms with Crippen molar-refractivity contribution in [2.24, 2.45) is 0 Å². The van der Waals surface area contributed by atoms with Gasteiger partial charge in [0.05, 0.1) is 16.4 Å². The van der Waals surface area contributed by atoms with Crippen LogP contribution in [0.1, 0.15) is 0 Å². The Morgan fingerprint density at radius 1 is 1.19 bits per heavy atom. The monoisotopic (exact) mass is 406 g/mol. The predicted octanol–water partition coefficient (Wildman–Crippen LogP) is 3.52. The largest absolute Gasteiger partial charge is 0.286 e. The van der Waals surface area contributed by atoms with Gasteiger partial charge in [0.2, 0.25) is 0 Å². The molecular formula is C10H5Br3N2O. The molecule has 0 N–H and O–H groups in total. The molecule has 82 valence electrons. The highest BCUT2D eigenvalue weighted by Gasteiger charge is 2.08. The van der Waals surface area contributed by atoms with Gasteiger partial charge >= 0.3 is 0 Å². The lowest BCUT2D eigenvalue weighted by molar-refractivity contribution is 0.796. The third-order valence-electron chi connectivity index (χ3n) is 1.93. The van der Waals surface area contributed by atoms with Crippen molar-refractivity contribution in [3.8, 4) is 5.69 Å². The van der Waals surface area contributed by atoms with E-state index in [0.717, 1.165) is 4.47 Å². The first-order valence-electron chi connectivity index (χ1n) is 4.29. The third-order valence-corrected chi connectivity index (χ3v) is 4.32. The number of nitrogens with zero attached hydrogens (tertiary/aromatic N) is 2. The number of benzene rings is 1. The van der Waals surface area contributed by atoms with Gasteiger partial charge in [0.25, 0.3) is 5.56 Å². The zero-order chi connectivity index (χ0) is 11.7. The Morgan fingerprint density at radius 2 is 1.94 bits per heavy atom. The Balaban J connectivity index is 2.66. The molecular weight excluding hydrogens is 404 g/mol. The van der Waals surface area contributed by atoms with Crippen LogP contribution in [0.3, 0.4) is 0 Å². The van der Waals surface area contributed by atoms with Crippen molar-refractivity contribution in [2.45, 2.75) is 0 Å². The molecule has 0 saturated heterocycles. The molecule has 0 amide bonds. The topological polar surface area (TPSA) is 34.9 Å². The summed E-state index contributed by atoms with van der Waals surface area (Å²) >= 11 is 9.80. The molecule has 0 aliphatic carbocycles. The van der Waals surface area contributed by atoms with Crippen LogP contribution in [0, 0.1) is 0 Å². The van der Waals surface area contributed by atoms with Crippen LogP contribution in [0.4, 0.5) is 0 Å². The molecule has 3 nitrogen and oxygen atoms in total. The lowest BCUT2D eigenvalue weighted by Gasteiger charge is -2.05. The van der Waals surface area contributed by atoms with E-state index in [4.69, 9.17) is 0 Å². The van der Waals surface area contributed by atoms with Gasteiger partial charge in [-0.2, -0.15) is 9.78 Å². The lowest BCUT2D eigenvalue weighted by Crippen LogP contribution is -2.21. The number of halogens is 3. The summed E-state index contributed by atoms with van der Waals surface area (Å²) in [5.41, 5.74) is 0.514. The summed E-state index contributed by atoms with van der Waals surface area (Å²) in [7, 11) is 0. The van der Waals surface area contributed by atoms with Gasteiger partial charge in [-0.1, -0.05) is 22.0 Å². The lowest BCUT2D eigenvalue weighted by atomic mass is 10.3. The van der Waals surface area contributed by atoms with Crippen LogP contribution in [0.2, 0.25) is 0 Å². The molecule has 1 aromatic carbocycles. The minimum absolute atomic E-state index is 0.201. The van der Waals surface area contributed by atoms with Crippen molar-refractivity contribution in [1.82, 2.24) is 9.78 Å². The van der Waals surface area contributed by atoms with Crippen LogP contribution in [-0.4, -0.2) is 9.78 Å². The number of aromatic nitrogens is 2. The van der Waals surface area contributed by atoms with Crippen LogP contribution in [0.5, 0.6) is 0 Å². The van der Waals surface area contributed by atoms with Crippen molar-refractivity contribution < 1.29 is 0 Å². The minimum atomic E-state index is -0.201. The quantitative estimate of drug-likeness (QED) is 0.723. The Kier molecular flexibility index (Phi) is 3.61. The predicted molar refractivity (Wildman–Crippen MR) is 72.9 cm³/mol. The van der Waals surface area contributed by atoms with E-state index in [1.54, 1.807) is 6.20 Å². The van der Waals surface area contributed by atoms with Crippen molar-refractivity contribution in [2.75, 3.05) is 0 Å². The van der Waals surface area contributed by atoms with Crippen molar-refractivity contribution in [3.05, 3.63) is 54.2 Å². The number of rotatable bonds is 1. The Bertz CT molecular complexity index is 595. The normalized spacial score (nSPS) is 10.4. The Labute approximate surface area is 117 Å². The van der Waals surface area contributed by atoms with Crippen LogP contribution >= 0.6 is 47.8 Å². The summed E-state index contributed by atoms with van der Waals surface area (Å²) < 4.78 is 3.34. The summed E-state index contributed by atoms with van der Waals surface area (Å²) in [4.78, 5) is 11.9. The van der Waals surface area contributed by atoms with E-state index in [2.05, 4.69) is 52.9 Å². The summed E-state index contributed by atoms with van der Waals surface area (Å²) in [5.74, 6) is 0. The maximum absolute atomic E-state index is 11.9. The molecule has 2 rings (SSSR count). The van der Waals surface area contributed by atoms with Crippen molar-refractivity contribution in [1.29, 1.82) is 0 Å². The van der Waals surface area contributed by atoms with Gasteiger partial charge in [-0.15, -0.1) is 0 Å². The van der Waals surface area contributed by atoms with E-state index in [0.29, 0.717) is 14.6 Å². The summed E-state index contributed by atoms with van der Waals surface area (Å²) in [5, 5.41) is 4.06. The molecule has 0 bridgehead atoms. The van der Waals surface area contributed by atoms with E-state index in [-0.39, 0.29) is 5.56 Å². The van der Waals surface area contributed by atoms with Crippen LogP contribution in [0.15, 0.2) is 48.7 Å². The van der Waals surface area contributed by atoms with E-state index in [1.807, 2.05) is 24.3 Å². The SMILES string of the molecule is O=c1c(Br)c(Br)cnn1-c1cccc(Br)c1. The molecule has 0 aliphatic rings. The minimum Gasteiger partial charge on any atom is -0.266 e. The fraction of sp³-hybridized carbons (Fsp3) is 0. The number of hydrogen-bond donors (Lipinski definition) is 0. The highest BCUT2D eigenvalue weighted by molar-refractivity contribution is 9.13. The highest BCUT2D eigenvalue weighted by Crippen LogP contribution is 2.18. The maximum atomic E-state index is 11.9. The summed E-state index contributed by atoms with van der Waals surface area (Å²) in [6.07, 6.45) is 1.58. The molecule has 0 fully saturated rings. The van der Waals surface area contributed by atoms with Crippen LogP contribution in [0.25, 0.3) is 5.69 Å². The van der Waals surface area contributed by atoms with E-state index in [9.17, 15) is 4.79 Å². The molecule has 2 aromatic rings. The van der Waals surface area contributed by atoms with Gasteiger partial charge in [-0.05, 0) is 50.1 Å². The highest BCUT2D eigenvalue weighted by atomic mass is 79.9. The second-order valence-electron chi connectivity index (χ2n) is 3.00. The van der Waals surface area contributed by atoms with Crippen molar-refractivity contribution >= 4 is 47.8 Å². The zero-order valence-corrected chi connectivity index (χ0v) is 12.6. The first kappa shape index (κ1) is 12.0. The van der Waals surface area contributed by atoms with Gasteiger partial charge in [-0.3, -0.25) is 4.79 Å². The van der Waals surface area contributed by atoms with Crippen LogP contribution in [-0.2, 0) is 0 Å². The average molecular weight is 409 g/mol. The van der Waals surface area contributed by atoms with Gasteiger partial charge in [0, 0.05) is 4.47 Å². The molecule has 1 aromatic heterocycles. The first-order valence-corrected chi connectivity index (χ1v) is 6.67. The molecule has 0 unspecified atom stereocenters. The fourth-order valence-electron chi connectivity index (χ4n) is 1.20. The molecule has 16 heavy (non-hydrogen) atoms. The molecule has 0 aliphatic heterocycles. The third kappa shape index (κ3) is 2.28. The van der Waals surface area contributed by atoms with Crippen molar-refractivity contribution in [3.63, 3.8) is 0 Å². The molecule has 0 spiro atoms. The molecule has 1 heterocycles. The zero-order valence-electron chi connectivity index (χ0n) is 7.82. The van der Waals surface area contributed by atoms with E-state index < -0.39 is 0 Å². The Morgan fingerprint density at radius 3 is 2.62 bits per heavy atom. The average Bonchev–Trinajstić information content (AvgIpc) is 2.26. The second-order valence-corrected chi connectivity index (χ2v) is 5.57. The number of hydrogen-bond acceptors (Lipinski definition) is 2. The van der Waals surface area contributed by atoms with Gasteiger partial charge in [-0.25, -0.2) is 0 Å². The first-order chi connectivity index (χ1) is 7.59. The maximum Gasteiger partial charge on any atom is 0.286 e.